The van der Waals surface area contributed by atoms with Gasteiger partial charge in [0.2, 0.25) is 10.0 Å². The minimum Gasteiger partial charge on any atom is -0.326 e. The zero-order valence-electron chi connectivity index (χ0n) is 10.9. The molecule has 2 heterocycles. The highest BCUT2D eigenvalue weighted by Gasteiger charge is 2.34. The number of piperidine rings is 1. The van der Waals surface area contributed by atoms with Gasteiger partial charge in [-0.3, -0.25) is 4.79 Å². The molecule has 0 unspecified atom stereocenters. The Bertz CT molecular complexity index is 637. The summed E-state index contributed by atoms with van der Waals surface area (Å²) in [5, 5.41) is -0.114. The Morgan fingerprint density at radius 3 is 2.68 bits per heavy atom. The molecule has 5 nitrogen and oxygen atoms in total. The molecule has 19 heavy (non-hydrogen) atoms. The Morgan fingerprint density at radius 2 is 2.11 bits per heavy atom. The number of pyridine rings is 1. The summed E-state index contributed by atoms with van der Waals surface area (Å²) in [7, 11) is -3.59. The lowest BCUT2D eigenvalue weighted by Crippen LogP contribution is -2.43. The van der Waals surface area contributed by atoms with E-state index in [2.05, 4.69) is 18.8 Å². The molecule has 106 valence electrons. The van der Waals surface area contributed by atoms with Crippen LogP contribution in [0.5, 0.6) is 0 Å². The Balaban J connectivity index is 2.36. The first-order valence-corrected chi connectivity index (χ1v) is 7.93. The number of aromatic nitrogens is 1. The van der Waals surface area contributed by atoms with Crippen molar-refractivity contribution in [3.63, 3.8) is 0 Å². The molecule has 1 aromatic rings. The molecule has 1 aliphatic rings. The van der Waals surface area contributed by atoms with Gasteiger partial charge in [0.25, 0.3) is 5.56 Å². The third-order valence-corrected chi connectivity index (χ3v) is 5.44. The van der Waals surface area contributed by atoms with Gasteiger partial charge in [-0.15, -0.1) is 0 Å². The van der Waals surface area contributed by atoms with E-state index in [-0.39, 0.29) is 15.3 Å². The zero-order chi connectivity index (χ0) is 14.3. The summed E-state index contributed by atoms with van der Waals surface area (Å²) < 4.78 is 26.4. The molecule has 0 aliphatic carbocycles. The van der Waals surface area contributed by atoms with Crippen molar-refractivity contribution in [1.82, 2.24) is 9.29 Å². The maximum Gasteiger partial charge on any atom is 0.266 e. The standard InChI is InChI=1S/C12H17ClN2O3S/c1-12(2)4-3-5-15(8-12)19(17,18)9-6-10(13)11(16)14-7-9/h6-7H,3-5,8H2,1-2H3,(H,14,16). The van der Waals surface area contributed by atoms with E-state index in [1.807, 2.05) is 0 Å². The number of hydrogen-bond acceptors (Lipinski definition) is 3. The highest BCUT2D eigenvalue weighted by Crippen LogP contribution is 2.31. The van der Waals surface area contributed by atoms with Crippen LogP contribution in [0.15, 0.2) is 22.0 Å². The van der Waals surface area contributed by atoms with Gasteiger partial charge in [0.05, 0.1) is 4.90 Å². The lowest BCUT2D eigenvalue weighted by atomic mass is 9.85. The van der Waals surface area contributed by atoms with E-state index in [1.54, 1.807) is 0 Å². The SMILES string of the molecule is CC1(C)CCCN(S(=O)(=O)c2c[nH]c(=O)c(Cl)c2)C1. The molecule has 0 saturated carbocycles. The fourth-order valence-electron chi connectivity index (χ4n) is 2.31. The van der Waals surface area contributed by atoms with E-state index in [1.165, 1.54) is 16.6 Å². The second-order valence-corrected chi connectivity index (χ2v) is 7.96. The second-order valence-electron chi connectivity index (χ2n) is 5.62. The number of nitrogens with one attached hydrogen (secondary N) is 1. The molecular weight excluding hydrogens is 288 g/mol. The van der Waals surface area contributed by atoms with Crippen molar-refractivity contribution in [2.75, 3.05) is 13.1 Å². The number of hydrogen-bond donors (Lipinski definition) is 1. The Labute approximate surface area is 117 Å². The maximum absolute atomic E-state index is 12.5. The molecule has 0 amide bonds. The van der Waals surface area contributed by atoms with Crippen molar-refractivity contribution in [3.8, 4) is 0 Å². The number of aromatic amines is 1. The lowest BCUT2D eigenvalue weighted by Gasteiger charge is -2.37. The van der Waals surface area contributed by atoms with Crippen molar-refractivity contribution in [1.29, 1.82) is 0 Å². The van der Waals surface area contributed by atoms with Gasteiger partial charge >= 0.3 is 0 Å². The van der Waals surface area contributed by atoms with Crippen LogP contribution < -0.4 is 5.56 Å². The summed E-state index contributed by atoms with van der Waals surface area (Å²) in [5.74, 6) is 0. The molecule has 2 rings (SSSR count). The topological polar surface area (TPSA) is 70.2 Å². The quantitative estimate of drug-likeness (QED) is 0.906. The smallest absolute Gasteiger partial charge is 0.266 e. The maximum atomic E-state index is 12.5. The molecule has 1 fully saturated rings. The van der Waals surface area contributed by atoms with Gasteiger partial charge in [-0.2, -0.15) is 4.31 Å². The number of nitrogens with zero attached hydrogens (tertiary/aromatic N) is 1. The summed E-state index contributed by atoms with van der Waals surface area (Å²) in [5.41, 5.74) is -0.517. The van der Waals surface area contributed by atoms with Crippen molar-refractivity contribution in [3.05, 3.63) is 27.6 Å². The molecular formula is C12H17ClN2O3S. The molecule has 0 aromatic carbocycles. The third-order valence-electron chi connectivity index (χ3n) is 3.33. The average Bonchev–Trinajstić information content (AvgIpc) is 2.31. The van der Waals surface area contributed by atoms with Crippen LogP contribution in [0.25, 0.3) is 0 Å². The molecule has 1 saturated heterocycles. The van der Waals surface area contributed by atoms with E-state index in [0.717, 1.165) is 12.8 Å². The largest absolute Gasteiger partial charge is 0.326 e. The van der Waals surface area contributed by atoms with Crippen LogP contribution >= 0.6 is 11.6 Å². The van der Waals surface area contributed by atoms with Crippen LogP contribution in [-0.4, -0.2) is 30.8 Å². The van der Waals surface area contributed by atoms with Gasteiger partial charge in [0.15, 0.2) is 0 Å². The average molecular weight is 305 g/mol. The first-order chi connectivity index (χ1) is 8.72. The van der Waals surface area contributed by atoms with Crippen LogP contribution in [0.3, 0.4) is 0 Å². The van der Waals surface area contributed by atoms with Gasteiger partial charge in [0, 0.05) is 19.3 Å². The molecule has 0 spiro atoms. The molecule has 1 aromatic heterocycles. The first kappa shape index (κ1) is 14.6. The summed E-state index contributed by atoms with van der Waals surface area (Å²) in [6.45, 7) is 5.08. The van der Waals surface area contributed by atoms with Crippen LogP contribution in [0.4, 0.5) is 0 Å². The fraction of sp³-hybridized carbons (Fsp3) is 0.583. The van der Waals surface area contributed by atoms with Crippen molar-refractivity contribution >= 4 is 21.6 Å². The minimum absolute atomic E-state index is 0.0305. The number of H-pyrrole nitrogens is 1. The Morgan fingerprint density at radius 1 is 1.42 bits per heavy atom. The Kier molecular flexibility index (Phi) is 3.77. The lowest BCUT2D eigenvalue weighted by molar-refractivity contribution is 0.187. The highest BCUT2D eigenvalue weighted by atomic mass is 35.5. The summed E-state index contributed by atoms with van der Waals surface area (Å²) in [6.07, 6.45) is 3.04. The van der Waals surface area contributed by atoms with E-state index < -0.39 is 15.6 Å². The summed E-state index contributed by atoms with van der Waals surface area (Å²) in [4.78, 5) is 13.6. The van der Waals surface area contributed by atoms with Gasteiger partial charge in [0.1, 0.15) is 5.02 Å². The predicted octanol–water partition coefficient (Wildman–Crippen LogP) is 1.84. The summed E-state index contributed by atoms with van der Waals surface area (Å²) in [6, 6.07) is 1.21. The van der Waals surface area contributed by atoms with Crippen molar-refractivity contribution < 1.29 is 8.42 Å². The van der Waals surface area contributed by atoms with Crippen LogP contribution in [0.2, 0.25) is 5.02 Å². The van der Waals surface area contributed by atoms with E-state index in [9.17, 15) is 13.2 Å². The van der Waals surface area contributed by atoms with Gasteiger partial charge in [-0.05, 0) is 24.3 Å². The van der Waals surface area contributed by atoms with Gasteiger partial charge in [-0.25, -0.2) is 8.42 Å². The van der Waals surface area contributed by atoms with E-state index in [0.29, 0.717) is 13.1 Å². The van der Waals surface area contributed by atoms with Crippen LogP contribution in [0, 0.1) is 5.41 Å². The molecule has 7 heteroatoms. The number of rotatable bonds is 2. The van der Waals surface area contributed by atoms with E-state index in [4.69, 9.17) is 11.6 Å². The minimum atomic E-state index is -3.59. The highest BCUT2D eigenvalue weighted by molar-refractivity contribution is 7.89. The molecule has 0 bridgehead atoms. The Hall–Kier alpha value is -0.850. The third kappa shape index (κ3) is 3.01. The van der Waals surface area contributed by atoms with E-state index >= 15 is 0 Å². The summed E-state index contributed by atoms with van der Waals surface area (Å²) >= 11 is 5.69. The number of halogens is 1. The normalized spacial score (nSPS) is 20.4. The first-order valence-electron chi connectivity index (χ1n) is 6.11. The van der Waals surface area contributed by atoms with Crippen molar-refractivity contribution in [2.24, 2.45) is 5.41 Å². The monoisotopic (exact) mass is 304 g/mol. The predicted molar refractivity (Wildman–Crippen MR) is 73.8 cm³/mol. The van der Waals surface area contributed by atoms with Crippen LogP contribution in [0.1, 0.15) is 26.7 Å². The second kappa shape index (κ2) is 4.92. The fourth-order valence-corrected chi connectivity index (χ4v) is 4.21. The zero-order valence-corrected chi connectivity index (χ0v) is 12.5. The molecule has 0 radical (unpaired) electrons. The van der Waals surface area contributed by atoms with Gasteiger partial charge in [-0.1, -0.05) is 25.4 Å². The van der Waals surface area contributed by atoms with Crippen molar-refractivity contribution in [2.45, 2.75) is 31.6 Å². The molecule has 0 atom stereocenters. The molecule has 1 N–H and O–H groups in total. The number of sulfonamides is 1. The molecule has 1 aliphatic heterocycles. The van der Waals surface area contributed by atoms with Crippen LogP contribution in [-0.2, 0) is 10.0 Å². The van der Waals surface area contributed by atoms with Gasteiger partial charge < -0.3 is 4.98 Å².